The van der Waals surface area contributed by atoms with Gasteiger partial charge in [-0.15, -0.1) is 10.2 Å². The number of carbonyl (C=O) groups excluding carboxylic acids is 1. The van der Waals surface area contributed by atoms with E-state index in [0.717, 1.165) is 5.69 Å². The van der Waals surface area contributed by atoms with Crippen molar-refractivity contribution >= 4 is 29.3 Å². The normalized spacial score (nSPS) is 12.1. The van der Waals surface area contributed by atoms with Gasteiger partial charge in [0.1, 0.15) is 6.33 Å². The van der Waals surface area contributed by atoms with Crippen LogP contribution in [0.3, 0.4) is 0 Å². The van der Waals surface area contributed by atoms with Gasteiger partial charge in [-0.2, -0.15) is 0 Å². The lowest BCUT2D eigenvalue weighted by molar-refractivity contribution is -0.118. The van der Waals surface area contributed by atoms with Gasteiger partial charge >= 0.3 is 0 Å². The number of aromatic nitrogens is 3. The summed E-state index contributed by atoms with van der Waals surface area (Å²) in [4.78, 5) is 14.5. The van der Waals surface area contributed by atoms with Crippen LogP contribution in [0.5, 0.6) is 0 Å². The van der Waals surface area contributed by atoms with Gasteiger partial charge in [0.05, 0.1) is 17.5 Å². The average Bonchev–Trinajstić information content (AvgIpc) is 3.16. The Bertz CT molecular complexity index is 916. The van der Waals surface area contributed by atoms with Crippen molar-refractivity contribution in [1.82, 2.24) is 25.0 Å². The molecule has 2 aromatic carbocycles. The molecular formula is C20H22ClN5OS. The van der Waals surface area contributed by atoms with E-state index in [4.69, 9.17) is 11.6 Å². The van der Waals surface area contributed by atoms with Crippen molar-refractivity contribution < 1.29 is 4.79 Å². The van der Waals surface area contributed by atoms with Crippen molar-refractivity contribution in [3.8, 4) is 5.69 Å². The molecule has 1 unspecified atom stereocenters. The molecule has 0 radical (unpaired) electrons. The van der Waals surface area contributed by atoms with E-state index in [9.17, 15) is 4.79 Å². The van der Waals surface area contributed by atoms with Crippen LogP contribution in [-0.4, -0.2) is 52.0 Å². The summed E-state index contributed by atoms with van der Waals surface area (Å²) in [6.45, 7) is 0.539. The Morgan fingerprint density at radius 1 is 1.21 bits per heavy atom. The van der Waals surface area contributed by atoms with Crippen LogP contribution in [0.4, 0.5) is 0 Å². The number of likely N-dealkylation sites (N-methyl/N-ethyl adjacent to an activating group) is 1. The lowest BCUT2D eigenvalue weighted by Crippen LogP contribution is -2.35. The molecule has 1 heterocycles. The third kappa shape index (κ3) is 5.34. The second-order valence-electron chi connectivity index (χ2n) is 6.45. The Kier molecular flexibility index (Phi) is 7.08. The highest BCUT2D eigenvalue weighted by molar-refractivity contribution is 7.99. The van der Waals surface area contributed by atoms with Crippen molar-refractivity contribution in [3.63, 3.8) is 0 Å². The summed E-state index contributed by atoms with van der Waals surface area (Å²) in [6.07, 6.45) is 1.61. The molecule has 0 saturated heterocycles. The molecule has 0 aliphatic heterocycles. The first-order valence-corrected chi connectivity index (χ1v) is 10.2. The molecule has 146 valence electrons. The Labute approximate surface area is 173 Å². The second kappa shape index (κ2) is 9.73. The monoisotopic (exact) mass is 415 g/mol. The molecule has 0 bridgehead atoms. The fourth-order valence-corrected chi connectivity index (χ4v) is 3.73. The molecule has 1 atom stereocenters. The van der Waals surface area contributed by atoms with Gasteiger partial charge in [0.25, 0.3) is 0 Å². The van der Waals surface area contributed by atoms with Crippen molar-refractivity contribution in [1.29, 1.82) is 0 Å². The van der Waals surface area contributed by atoms with E-state index in [-0.39, 0.29) is 17.7 Å². The maximum absolute atomic E-state index is 12.4. The molecule has 3 aromatic rings. The summed E-state index contributed by atoms with van der Waals surface area (Å²) < 4.78 is 1.82. The number of hydrogen-bond donors (Lipinski definition) is 1. The summed E-state index contributed by atoms with van der Waals surface area (Å²) >= 11 is 7.40. The number of halogens is 1. The van der Waals surface area contributed by atoms with Crippen LogP contribution in [0.25, 0.3) is 5.69 Å². The van der Waals surface area contributed by atoms with Crippen molar-refractivity contribution in [2.24, 2.45) is 0 Å². The van der Waals surface area contributed by atoms with Crippen molar-refractivity contribution in [2.75, 3.05) is 26.4 Å². The number of hydrogen-bond acceptors (Lipinski definition) is 5. The van der Waals surface area contributed by atoms with Gasteiger partial charge in [0.15, 0.2) is 5.16 Å². The minimum Gasteiger partial charge on any atom is -0.353 e. The zero-order chi connectivity index (χ0) is 19.9. The lowest BCUT2D eigenvalue weighted by atomic mass is 10.1. The molecule has 0 aliphatic rings. The zero-order valence-electron chi connectivity index (χ0n) is 15.7. The molecule has 28 heavy (non-hydrogen) atoms. The smallest absolute Gasteiger partial charge is 0.230 e. The minimum atomic E-state index is -0.0478. The van der Waals surface area contributed by atoms with Gasteiger partial charge in [0, 0.05) is 11.6 Å². The van der Waals surface area contributed by atoms with E-state index >= 15 is 0 Å². The summed E-state index contributed by atoms with van der Waals surface area (Å²) in [5, 5.41) is 12.4. The number of nitrogens with one attached hydrogen (secondary N) is 1. The maximum Gasteiger partial charge on any atom is 0.230 e. The van der Waals surface area contributed by atoms with Gasteiger partial charge < -0.3 is 10.2 Å². The first kappa shape index (κ1) is 20.4. The van der Waals surface area contributed by atoms with Crippen molar-refractivity contribution in [2.45, 2.75) is 11.2 Å². The van der Waals surface area contributed by atoms with Crippen LogP contribution in [0.1, 0.15) is 11.6 Å². The molecule has 1 N–H and O–H groups in total. The number of carbonyl (C=O) groups is 1. The minimum absolute atomic E-state index is 0.0478. The Morgan fingerprint density at radius 3 is 2.71 bits per heavy atom. The number of rotatable bonds is 8. The fourth-order valence-electron chi connectivity index (χ4n) is 2.79. The highest BCUT2D eigenvalue weighted by Crippen LogP contribution is 2.22. The van der Waals surface area contributed by atoms with Gasteiger partial charge in [0.2, 0.25) is 5.91 Å². The van der Waals surface area contributed by atoms with E-state index in [1.807, 2.05) is 61.1 Å². The van der Waals surface area contributed by atoms with E-state index in [0.29, 0.717) is 16.7 Å². The number of benzene rings is 2. The van der Waals surface area contributed by atoms with Gasteiger partial charge in [-0.3, -0.25) is 9.36 Å². The first-order valence-electron chi connectivity index (χ1n) is 8.81. The molecular weight excluding hydrogens is 394 g/mol. The Balaban J connectivity index is 1.57. The van der Waals surface area contributed by atoms with E-state index in [1.165, 1.54) is 17.3 Å². The van der Waals surface area contributed by atoms with Crippen LogP contribution in [0, 0.1) is 0 Å². The molecule has 1 aromatic heterocycles. The molecule has 0 spiro atoms. The number of thioether (sulfide) groups is 1. The van der Waals surface area contributed by atoms with Crippen LogP contribution < -0.4 is 5.32 Å². The molecule has 8 heteroatoms. The largest absolute Gasteiger partial charge is 0.353 e. The van der Waals surface area contributed by atoms with Gasteiger partial charge in [-0.25, -0.2) is 0 Å². The van der Waals surface area contributed by atoms with E-state index < -0.39 is 0 Å². The Hall–Kier alpha value is -2.35. The lowest BCUT2D eigenvalue weighted by Gasteiger charge is -2.25. The molecule has 0 fully saturated rings. The predicted octanol–water partition coefficient (Wildman–Crippen LogP) is 3.43. The standard InChI is InChI=1S/C20H22ClN5OS/c1-25(2)18(15-7-4-3-5-8-15)12-22-19(27)13-28-20-24-23-14-26(20)17-10-6-9-16(21)11-17/h3-11,14,18H,12-13H2,1-2H3,(H,22,27). The molecule has 3 rings (SSSR count). The van der Waals surface area contributed by atoms with Gasteiger partial charge in [-0.1, -0.05) is 59.8 Å². The van der Waals surface area contributed by atoms with E-state index in [2.05, 4.69) is 32.5 Å². The SMILES string of the molecule is CN(C)C(CNC(=O)CSc1nncn1-c1cccc(Cl)c1)c1ccccc1. The summed E-state index contributed by atoms with van der Waals surface area (Å²) in [6, 6.07) is 17.7. The summed E-state index contributed by atoms with van der Waals surface area (Å²) in [5.41, 5.74) is 2.03. The zero-order valence-corrected chi connectivity index (χ0v) is 17.3. The predicted molar refractivity (Wildman–Crippen MR) is 113 cm³/mol. The Morgan fingerprint density at radius 2 is 2.00 bits per heavy atom. The van der Waals surface area contributed by atoms with Crippen LogP contribution >= 0.6 is 23.4 Å². The molecule has 1 amide bonds. The molecule has 6 nitrogen and oxygen atoms in total. The number of nitrogens with zero attached hydrogens (tertiary/aromatic N) is 4. The molecule has 0 saturated carbocycles. The van der Waals surface area contributed by atoms with Crippen LogP contribution in [-0.2, 0) is 4.79 Å². The first-order chi connectivity index (χ1) is 13.5. The summed E-state index contributed by atoms with van der Waals surface area (Å²) in [5.74, 6) is 0.210. The fraction of sp³-hybridized carbons (Fsp3) is 0.250. The average molecular weight is 416 g/mol. The van der Waals surface area contributed by atoms with E-state index in [1.54, 1.807) is 6.33 Å². The van der Waals surface area contributed by atoms with Gasteiger partial charge in [-0.05, 0) is 37.9 Å². The van der Waals surface area contributed by atoms with Crippen LogP contribution in [0.15, 0.2) is 66.1 Å². The maximum atomic E-state index is 12.4. The second-order valence-corrected chi connectivity index (χ2v) is 7.83. The van der Waals surface area contributed by atoms with Crippen LogP contribution in [0.2, 0.25) is 5.02 Å². The molecule has 0 aliphatic carbocycles. The quantitative estimate of drug-likeness (QED) is 0.571. The van der Waals surface area contributed by atoms with Crippen molar-refractivity contribution in [3.05, 3.63) is 71.5 Å². The highest BCUT2D eigenvalue weighted by Gasteiger charge is 2.16. The summed E-state index contributed by atoms with van der Waals surface area (Å²) in [7, 11) is 4.01. The third-order valence-corrected chi connectivity index (χ3v) is 5.41. The number of amides is 1. The highest BCUT2D eigenvalue weighted by atomic mass is 35.5. The topological polar surface area (TPSA) is 63.1 Å². The third-order valence-electron chi connectivity index (χ3n) is 4.24.